The maximum Gasteiger partial charge on any atom is 0.573 e. The molecule has 0 radical (unpaired) electrons. The number of carbonyl (C=O) groups excluding carboxylic acids is 1. The van der Waals surface area contributed by atoms with Crippen LogP contribution in [-0.2, 0) is 7.05 Å². The zero-order valence-electron chi connectivity index (χ0n) is 18.8. The van der Waals surface area contributed by atoms with Crippen LogP contribution in [0.5, 0.6) is 5.75 Å². The number of nitrogens with zero attached hydrogens (tertiary/aromatic N) is 5. The van der Waals surface area contributed by atoms with Crippen LogP contribution < -0.4 is 20.8 Å². The van der Waals surface area contributed by atoms with Gasteiger partial charge in [0.2, 0.25) is 0 Å². The number of ether oxygens (including phenoxy) is 1. The van der Waals surface area contributed by atoms with E-state index < -0.39 is 17.5 Å². The number of urea groups is 1. The second kappa shape index (κ2) is 9.25. The molecule has 1 fully saturated rings. The first-order valence-corrected chi connectivity index (χ1v) is 11.0. The molecule has 3 aromatic rings. The Kier molecular flexibility index (Phi) is 6.50. The Labute approximate surface area is 201 Å². The Hall–Kier alpha value is -3.54. The molecule has 4 rings (SSSR count). The van der Waals surface area contributed by atoms with Crippen LogP contribution in [0.2, 0.25) is 5.02 Å². The molecular weight excluding hydrogens is 491 g/mol. The second-order valence-electron chi connectivity index (χ2n) is 8.14. The third-order valence-electron chi connectivity index (χ3n) is 5.95. The van der Waals surface area contributed by atoms with E-state index in [1.807, 2.05) is 0 Å². The minimum absolute atomic E-state index is 0.305. The highest BCUT2D eigenvalue weighted by molar-refractivity contribution is 6.31. The van der Waals surface area contributed by atoms with Gasteiger partial charge in [0.15, 0.2) is 5.65 Å². The molecular formula is C22H21ClF3N5O4. The van der Waals surface area contributed by atoms with Gasteiger partial charge >= 0.3 is 23.5 Å². The van der Waals surface area contributed by atoms with E-state index >= 15 is 0 Å². The summed E-state index contributed by atoms with van der Waals surface area (Å²) in [7, 11) is 2.99. The summed E-state index contributed by atoms with van der Waals surface area (Å²) in [5.41, 5.74) is -0.236. The fraction of sp³-hybridized carbons (Fsp3) is 0.364. The van der Waals surface area contributed by atoms with Crippen LogP contribution in [0.25, 0.3) is 11.2 Å². The lowest BCUT2D eigenvalue weighted by molar-refractivity contribution is -0.274. The Bertz CT molecular complexity index is 1380. The van der Waals surface area contributed by atoms with Gasteiger partial charge < -0.3 is 14.2 Å². The molecule has 1 saturated heterocycles. The molecule has 35 heavy (non-hydrogen) atoms. The Morgan fingerprint density at radius 3 is 2.37 bits per heavy atom. The minimum Gasteiger partial charge on any atom is -0.406 e. The summed E-state index contributed by atoms with van der Waals surface area (Å²) in [6.45, 7) is 0.611. The molecule has 1 aliphatic heterocycles. The van der Waals surface area contributed by atoms with E-state index in [1.54, 1.807) is 11.0 Å². The molecule has 9 nitrogen and oxygen atoms in total. The number of halogens is 4. The summed E-state index contributed by atoms with van der Waals surface area (Å²) in [4.78, 5) is 45.4. The highest BCUT2D eigenvalue weighted by Crippen LogP contribution is 2.28. The number of amides is 2. The number of rotatable bonds is 3. The minimum atomic E-state index is -4.80. The third-order valence-corrected chi connectivity index (χ3v) is 6.16. The molecule has 186 valence electrons. The first kappa shape index (κ1) is 24.6. The molecule has 3 heterocycles. The van der Waals surface area contributed by atoms with Gasteiger partial charge in [0, 0.05) is 45.1 Å². The number of carbonyl (C=O) groups is 1. The fourth-order valence-electron chi connectivity index (χ4n) is 4.15. The number of aryl methyl sites for hydroxylation is 1. The van der Waals surface area contributed by atoms with E-state index in [9.17, 15) is 27.6 Å². The first-order valence-electron chi connectivity index (χ1n) is 10.6. The number of hydrogen-bond donors (Lipinski definition) is 0. The molecule has 0 unspecified atom stereocenters. The molecule has 0 N–H and O–H groups in total. The zero-order valence-corrected chi connectivity index (χ0v) is 19.5. The van der Waals surface area contributed by atoms with Crippen molar-refractivity contribution in [1.82, 2.24) is 19.0 Å². The van der Waals surface area contributed by atoms with E-state index in [0.717, 1.165) is 12.1 Å². The molecule has 0 aliphatic carbocycles. The SMILES string of the molecule is CN(C(=O)N1CCC(n2c(=O)c(=O)n(C)c3cc(Cl)cnc32)CC1)c1ccc(OC(F)(F)F)cc1. The van der Waals surface area contributed by atoms with Gasteiger partial charge in [0.1, 0.15) is 5.75 Å². The largest absolute Gasteiger partial charge is 0.573 e. The number of fused-ring (bicyclic) bond motifs is 1. The summed E-state index contributed by atoms with van der Waals surface area (Å²) in [5.74, 6) is -0.385. The Morgan fingerprint density at radius 2 is 1.77 bits per heavy atom. The quantitative estimate of drug-likeness (QED) is 0.502. The topological polar surface area (TPSA) is 89.7 Å². The number of alkyl halides is 3. The average molecular weight is 512 g/mol. The monoisotopic (exact) mass is 511 g/mol. The molecule has 2 aromatic heterocycles. The molecule has 2 amide bonds. The number of aromatic nitrogens is 3. The van der Waals surface area contributed by atoms with Crippen LogP contribution in [0.1, 0.15) is 18.9 Å². The summed E-state index contributed by atoms with van der Waals surface area (Å²) < 4.78 is 43.5. The third kappa shape index (κ3) is 4.97. The van der Waals surface area contributed by atoms with Crippen molar-refractivity contribution < 1.29 is 22.7 Å². The van der Waals surface area contributed by atoms with Gasteiger partial charge in [-0.15, -0.1) is 13.2 Å². The zero-order chi connectivity index (χ0) is 25.5. The van der Waals surface area contributed by atoms with Crippen molar-refractivity contribution in [3.05, 3.63) is 62.3 Å². The van der Waals surface area contributed by atoms with Gasteiger partial charge in [-0.05, 0) is 43.2 Å². The predicted molar refractivity (Wildman–Crippen MR) is 123 cm³/mol. The molecule has 0 spiro atoms. The van der Waals surface area contributed by atoms with E-state index in [4.69, 9.17) is 11.6 Å². The normalized spacial score (nSPS) is 14.9. The van der Waals surface area contributed by atoms with Crippen molar-refractivity contribution in [2.45, 2.75) is 25.2 Å². The van der Waals surface area contributed by atoms with Crippen LogP contribution in [0, 0.1) is 0 Å². The predicted octanol–water partition coefficient (Wildman–Crippen LogP) is 3.54. The van der Waals surface area contributed by atoms with Gasteiger partial charge in [0.25, 0.3) is 0 Å². The van der Waals surface area contributed by atoms with E-state index in [0.29, 0.717) is 47.8 Å². The van der Waals surface area contributed by atoms with Crippen molar-refractivity contribution in [1.29, 1.82) is 0 Å². The van der Waals surface area contributed by atoms with Crippen molar-refractivity contribution in [2.75, 3.05) is 25.0 Å². The van der Waals surface area contributed by atoms with Crippen molar-refractivity contribution >= 4 is 34.5 Å². The average Bonchev–Trinajstić information content (AvgIpc) is 2.82. The molecule has 0 bridgehead atoms. The second-order valence-corrected chi connectivity index (χ2v) is 8.57. The van der Waals surface area contributed by atoms with Crippen LogP contribution >= 0.6 is 11.6 Å². The molecule has 1 aliphatic rings. The molecule has 0 saturated carbocycles. The van der Waals surface area contributed by atoms with Crippen molar-refractivity contribution in [3.63, 3.8) is 0 Å². The summed E-state index contributed by atoms with van der Waals surface area (Å²) in [5, 5.41) is 0.333. The summed E-state index contributed by atoms with van der Waals surface area (Å²) >= 11 is 6.02. The highest BCUT2D eigenvalue weighted by Gasteiger charge is 2.31. The van der Waals surface area contributed by atoms with Crippen LogP contribution in [0.3, 0.4) is 0 Å². The highest BCUT2D eigenvalue weighted by atomic mass is 35.5. The number of pyridine rings is 1. The van der Waals surface area contributed by atoms with Crippen molar-refractivity contribution in [3.8, 4) is 5.75 Å². The van der Waals surface area contributed by atoms with Crippen molar-refractivity contribution in [2.24, 2.45) is 7.05 Å². The maximum atomic E-state index is 13.0. The first-order chi connectivity index (χ1) is 16.5. The van der Waals surface area contributed by atoms with Crippen LogP contribution in [0.15, 0.2) is 46.1 Å². The molecule has 0 atom stereocenters. The maximum absolute atomic E-state index is 13.0. The standard InChI is InChI=1S/C22H21ClF3N5O4/c1-28(14-3-5-16(6-4-14)35-22(24,25)26)21(34)30-9-7-15(8-10-30)31-18-17(11-13(23)12-27-18)29(2)19(32)20(31)33/h3-6,11-12,15H,7-10H2,1-2H3. The number of piperidine rings is 1. The molecule has 1 aromatic carbocycles. The van der Waals surface area contributed by atoms with E-state index in [-0.39, 0.29) is 17.8 Å². The number of hydrogen-bond acceptors (Lipinski definition) is 5. The number of likely N-dealkylation sites (tertiary alicyclic amines) is 1. The fourth-order valence-corrected chi connectivity index (χ4v) is 4.31. The van der Waals surface area contributed by atoms with E-state index in [1.165, 1.54) is 46.5 Å². The van der Waals surface area contributed by atoms with Gasteiger partial charge in [-0.3, -0.25) is 19.1 Å². The van der Waals surface area contributed by atoms with Crippen LogP contribution in [-0.4, -0.2) is 51.5 Å². The van der Waals surface area contributed by atoms with Gasteiger partial charge in [0.05, 0.1) is 10.5 Å². The number of benzene rings is 1. The number of anilines is 1. The van der Waals surface area contributed by atoms with E-state index in [2.05, 4.69) is 9.72 Å². The smallest absolute Gasteiger partial charge is 0.406 e. The van der Waals surface area contributed by atoms with Gasteiger partial charge in [-0.2, -0.15) is 0 Å². The van der Waals surface area contributed by atoms with Crippen LogP contribution in [0.4, 0.5) is 23.7 Å². The lowest BCUT2D eigenvalue weighted by Gasteiger charge is -2.35. The Morgan fingerprint density at radius 1 is 1.14 bits per heavy atom. The van der Waals surface area contributed by atoms with Gasteiger partial charge in [-0.1, -0.05) is 11.6 Å². The summed E-state index contributed by atoms with van der Waals surface area (Å²) in [6.07, 6.45) is -2.58. The van der Waals surface area contributed by atoms with Gasteiger partial charge in [-0.25, -0.2) is 9.78 Å². The summed E-state index contributed by atoms with van der Waals surface area (Å²) in [6, 6.07) is 5.85. The molecule has 13 heteroatoms. The lowest BCUT2D eigenvalue weighted by Crippen LogP contribution is -2.48. The Balaban J connectivity index is 1.49. The lowest BCUT2D eigenvalue weighted by atomic mass is 10.0.